The van der Waals surface area contributed by atoms with E-state index in [4.69, 9.17) is 0 Å². The van der Waals surface area contributed by atoms with Crippen LogP contribution < -0.4 is 5.32 Å². The van der Waals surface area contributed by atoms with Crippen molar-refractivity contribution in [1.29, 1.82) is 0 Å². The summed E-state index contributed by atoms with van der Waals surface area (Å²) in [5, 5.41) is 6.34. The topological polar surface area (TPSA) is 46.9 Å². The number of nitrogens with one attached hydrogen (secondary N) is 1. The molecule has 2 rings (SSSR count). The fourth-order valence-corrected chi connectivity index (χ4v) is 3.13. The molecule has 4 nitrogen and oxygen atoms in total. The van der Waals surface area contributed by atoms with E-state index in [0.717, 1.165) is 12.0 Å². The summed E-state index contributed by atoms with van der Waals surface area (Å²) in [6, 6.07) is 7.07. The molecule has 0 aliphatic carbocycles. The number of rotatable bonds is 9. The Kier molecular flexibility index (Phi) is 7.81. The molecule has 1 heterocycles. The molecular weight excluding hydrogens is 386 g/mol. The number of hydrogen-bond donors (Lipinski definition) is 1. The Hall–Kier alpha value is -2.38. The van der Waals surface area contributed by atoms with Crippen LogP contribution in [0.15, 0.2) is 30.3 Å². The van der Waals surface area contributed by atoms with E-state index in [1.54, 1.807) is 0 Å². The molecular formula is C21H27F4N3O. The van der Waals surface area contributed by atoms with E-state index in [2.05, 4.69) is 24.3 Å². The lowest BCUT2D eigenvalue weighted by molar-refractivity contribution is -0.125. The SMILES string of the molecule is CCC(C)c1ccc(C(CC)NC(=O)C(C)n2nc(C(F)F)cc2C(F)F)cc1. The maximum absolute atomic E-state index is 13.2. The summed E-state index contributed by atoms with van der Waals surface area (Å²) in [5.41, 5.74) is 0.618. The molecule has 1 N–H and O–H groups in total. The number of carbonyl (C=O) groups excluding carboxylic acids is 1. The first-order valence-electron chi connectivity index (χ1n) is 9.75. The van der Waals surface area contributed by atoms with E-state index in [-0.39, 0.29) is 6.04 Å². The molecule has 0 fully saturated rings. The molecule has 29 heavy (non-hydrogen) atoms. The van der Waals surface area contributed by atoms with Crippen molar-refractivity contribution in [3.63, 3.8) is 0 Å². The highest BCUT2D eigenvalue weighted by atomic mass is 19.3. The van der Waals surface area contributed by atoms with Gasteiger partial charge < -0.3 is 5.32 Å². The molecule has 3 unspecified atom stereocenters. The van der Waals surface area contributed by atoms with Crippen LogP contribution in [0.5, 0.6) is 0 Å². The van der Waals surface area contributed by atoms with Crippen LogP contribution in [0, 0.1) is 0 Å². The second kappa shape index (κ2) is 9.89. The summed E-state index contributed by atoms with van der Waals surface area (Å²) >= 11 is 0. The van der Waals surface area contributed by atoms with Gasteiger partial charge >= 0.3 is 0 Å². The zero-order valence-corrected chi connectivity index (χ0v) is 17.0. The third-order valence-electron chi connectivity index (χ3n) is 5.22. The molecule has 2 aromatic rings. The number of aromatic nitrogens is 2. The van der Waals surface area contributed by atoms with E-state index in [0.29, 0.717) is 23.1 Å². The number of hydrogen-bond acceptors (Lipinski definition) is 2. The fraction of sp³-hybridized carbons (Fsp3) is 0.524. The van der Waals surface area contributed by atoms with E-state index < -0.39 is 36.2 Å². The van der Waals surface area contributed by atoms with Crippen molar-refractivity contribution in [3.8, 4) is 0 Å². The van der Waals surface area contributed by atoms with Crippen molar-refractivity contribution in [2.45, 2.75) is 71.4 Å². The molecule has 0 bridgehead atoms. The van der Waals surface area contributed by atoms with Crippen molar-refractivity contribution < 1.29 is 22.4 Å². The molecule has 0 spiro atoms. The fourth-order valence-electron chi connectivity index (χ4n) is 3.13. The minimum absolute atomic E-state index is 0.323. The Bertz CT molecular complexity index is 805. The summed E-state index contributed by atoms with van der Waals surface area (Å²) in [4.78, 5) is 12.7. The molecule has 0 aliphatic rings. The standard InChI is InChI=1S/C21H27F4N3O/c1-5-12(3)14-7-9-15(10-8-14)16(6-2)26-21(29)13(4)28-18(20(24)25)11-17(27-28)19(22)23/h7-13,16,19-20H,5-6H2,1-4H3,(H,26,29). The zero-order chi connectivity index (χ0) is 21.7. The molecule has 3 atom stereocenters. The molecule has 1 aromatic heterocycles. The van der Waals surface area contributed by atoms with Crippen LogP contribution in [0.2, 0.25) is 0 Å². The van der Waals surface area contributed by atoms with Crippen LogP contribution in [0.1, 0.15) is 93.9 Å². The average molecular weight is 413 g/mol. The van der Waals surface area contributed by atoms with Gasteiger partial charge in [-0.1, -0.05) is 45.0 Å². The second-order valence-corrected chi connectivity index (χ2v) is 7.16. The van der Waals surface area contributed by atoms with E-state index in [9.17, 15) is 22.4 Å². The van der Waals surface area contributed by atoms with Gasteiger partial charge in [0.25, 0.3) is 12.9 Å². The first-order chi connectivity index (χ1) is 13.7. The number of carbonyl (C=O) groups is 1. The van der Waals surface area contributed by atoms with E-state index >= 15 is 0 Å². The summed E-state index contributed by atoms with van der Waals surface area (Å²) in [7, 11) is 0. The van der Waals surface area contributed by atoms with Gasteiger partial charge in [0.1, 0.15) is 17.4 Å². The van der Waals surface area contributed by atoms with Crippen molar-refractivity contribution in [1.82, 2.24) is 15.1 Å². The van der Waals surface area contributed by atoms with Gasteiger partial charge in [-0.3, -0.25) is 9.48 Å². The molecule has 160 valence electrons. The normalized spacial score (nSPS) is 14.8. The Balaban J connectivity index is 2.19. The molecule has 0 saturated carbocycles. The second-order valence-electron chi connectivity index (χ2n) is 7.16. The number of amides is 1. The van der Waals surface area contributed by atoms with Crippen molar-refractivity contribution in [3.05, 3.63) is 52.8 Å². The van der Waals surface area contributed by atoms with Crippen molar-refractivity contribution in [2.24, 2.45) is 0 Å². The van der Waals surface area contributed by atoms with Crippen LogP contribution in [0.3, 0.4) is 0 Å². The van der Waals surface area contributed by atoms with Crippen LogP contribution in [-0.4, -0.2) is 15.7 Å². The summed E-state index contributed by atoms with van der Waals surface area (Å²) in [5.74, 6) is -0.135. The number of halogens is 4. The first kappa shape index (κ1) is 22.9. The van der Waals surface area contributed by atoms with Gasteiger partial charge in [0.05, 0.1) is 6.04 Å². The summed E-state index contributed by atoms with van der Waals surface area (Å²) in [6.07, 6.45) is -4.40. The molecule has 0 radical (unpaired) electrons. The number of alkyl halides is 4. The lowest BCUT2D eigenvalue weighted by Crippen LogP contribution is -2.35. The Morgan fingerprint density at radius 3 is 2.07 bits per heavy atom. The van der Waals surface area contributed by atoms with E-state index in [1.807, 2.05) is 31.2 Å². The highest BCUT2D eigenvalue weighted by molar-refractivity contribution is 5.80. The Morgan fingerprint density at radius 2 is 1.59 bits per heavy atom. The third-order valence-corrected chi connectivity index (χ3v) is 5.22. The predicted molar refractivity (Wildman–Crippen MR) is 103 cm³/mol. The Morgan fingerprint density at radius 1 is 1.00 bits per heavy atom. The van der Waals surface area contributed by atoms with Gasteiger partial charge in [0.2, 0.25) is 5.91 Å². The highest BCUT2D eigenvalue weighted by Gasteiger charge is 2.28. The van der Waals surface area contributed by atoms with E-state index in [1.165, 1.54) is 12.5 Å². The molecule has 0 saturated heterocycles. The van der Waals surface area contributed by atoms with Crippen LogP contribution >= 0.6 is 0 Å². The van der Waals surface area contributed by atoms with Gasteiger partial charge in [0.15, 0.2) is 0 Å². The minimum atomic E-state index is -3.01. The maximum atomic E-state index is 13.2. The van der Waals surface area contributed by atoms with Crippen LogP contribution in [0.25, 0.3) is 0 Å². The Labute approximate surface area is 168 Å². The smallest absolute Gasteiger partial charge is 0.282 e. The third kappa shape index (κ3) is 5.36. The predicted octanol–water partition coefficient (Wildman–Crippen LogP) is 6.10. The maximum Gasteiger partial charge on any atom is 0.282 e. The zero-order valence-electron chi connectivity index (χ0n) is 17.0. The van der Waals surface area contributed by atoms with Gasteiger partial charge in [-0.15, -0.1) is 0 Å². The van der Waals surface area contributed by atoms with Gasteiger partial charge in [-0.2, -0.15) is 5.10 Å². The quantitative estimate of drug-likeness (QED) is 0.505. The van der Waals surface area contributed by atoms with Gasteiger partial charge in [0, 0.05) is 0 Å². The van der Waals surface area contributed by atoms with Crippen LogP contribution in [0.4, 0.5) is 17.6 Å². The van der Waals surface area contributed by atoms with Crippen LogP contribution in [-0.2, 0) is 4.79 Å². The van der Waals surface area contributed by atoms with Gasteiger partial charge in [-0.05, 0) is 42.9 Å². The average Bonchev–Trinajstić information content (AvgIpc) is 3.17. The minimum Gasteiger partial charge on any atom is -0.347 e. The number of nitrogens with zero attached hydrogens (tertiary/aromatic N) is 2. The lowest BCUT2D eigenvalue weighted by atomic mass is 9.95. The summed E-state index contributed by atoms with van der Waals surface area (Å²) in [6.45, 7) is 7.50. The monoisotopic (exact) mass is 413 g/mol. The number of benzene rings is 1. The molecule has 1 aromatic carbocycles. The largest absolute Gasteiger partial charge is 0.347 e. The lowest BCUT2D eigenvalue weighted by Gasteiger charge is -2.22. The van der Waals surface area contributed by atoms with Crippen molar-refractivity contribution in [2.75, 3.05) is 0 Å². The summed E-state index contributed by atoms with van der Waals surface area (Å²) < 4.78 is 52.8. The highest BCUT2D eigenvalue weighted by Crippen LogP contribution is 2.28. The first-order valence-corrected chi connectivity index (χ1v) is 9.75. The van der Waals surface area contributed by atoms with Gasteiger partial charge in [-0.25, -0.2) is 17.6 Å². The molecule has 8 heteroatoms. The molecule has 0 aliphatic heterocycles. The van der Waals surface area contributed by atoms with Crippen molar-refractivity contribution >= 4 is 5.91 Å². The molecule has 1 amide bonds.